The Kier molecular flexibility index (Phi) is 4.45. The second kappa shape index (κ2) is 5.69. The van der Waals surface area contributed by atoms with Crippen LogP contribution in [0.2, 0.25) is 5.02 Å². The number of alkyl halides is 3. The Bertz CT molecular complexity index is 514. The van der Waals surface area contributed by atoms with E-state index >= 15 is 0 Å². The first-order valence-electron chi connectivity index (χ1n) is 7.02. The third-order valence-corrected chi connectivity index (χ3v) is 4.18. The lowest BCUT2D eigenvalue weighted by molar-refractivity contribution is -0.137. The summed E-state index contributed by atoms with van der Waals surface area (Å²) in [6.07, 6.45) is -3.46. The molecule has 6 heteroatoms. The van der Waals surface area contributed by atoms with Gasteiger partial charge in [0.2, 0.25) is 0 Å². The predicted octanol–water partition coefficient (Wildman–Crippen LogP) is 4.33. The molecule has 0 amide bonds. The Morgan fingerprint density at radius 1 is 1.38 bits per heavy atom. The van der Waals surface area contributed by atoms with Gasteiger partial charge in [-0.1, -0.05) is 18.5 Å². The van der Waals surface area contributed by atoms with Gasteiger partial charge in [-0.25, -0.2) is 0 Å². The molecule has 0 aliphatic carbocycles. The first-order chi connectivity index (χ1) is 9.64. The summed E-state index contributed by atoms with van der Waals surface area (Å²) in [4.78, 5) is 2.11. The van der Waals surface area contributed by atoms with Gasteiger partial charge >= 0.3 is 6.18 Å². The van der Waals surface area contributed by atoms with Gasteiger partial charge in [0.25, 0.3) is 0 Å². The van der Waals surface area contributed by atoms with Crippen LogP contribution < -0.4 is 10.2 Å². The average Bonchev–Trinajstić information content (AvgIpc) is 2.36. The van der Waals surface area contributed by atoms with Crippen molar-refractivity contribution in [3.8, 4) is 0 Å². The minimum atomic E-state index is -4.37. The van der Waals surface area contributed by atoms with Gasteiger partial charge < -0.3 is 10.2 Å². The molecule has 1 fully saturated rings. The fraction of sp³-hybridized carbons (Fsp3) is 0.600. The molecule has 1 atom stereocenters. The molecule has 0 aromatic heterocycles. The molecule has 0 radical (unpaired) electrons. The summed E-state index contributed by atoms with van der Waals surface area (Å²) in [6, 6.07) is 3.82. The van der Waals surface area contributed by atoms with Crippen molar-refractivity contribution >= 4 is 17.3 Å². The zero-order valence-electron chi connectivity index (χ0n) is 12.4. The number of hydrogen-bond donors (Lipinski definition) is 1. The number of hydrogen-bond acceptors (Lipinski definition) is 2. The van der Waals surface area contributed by atoms with Gasteiger partial charge in [-0.2, -0.15) is 13.2 Å². The molecule has 1 saturated heterocycles. The molecule has 1 unspecified atom stereocenters. The number of rotatable bonds is 2. The molecule has 2 rings (SSSR count). The molecule has 1 aliphatic heterocycles. The average molecular weight is 321 g/mol. The van der Waals surface area contributed by atoms with Crippen LogP contribution in [0.5, 0.6) is 0 Å². The highest BCUT2D eigenvalue weighted by atomic mass is 35.5. The number of nitrogens with one attached hydrogen (secondary N) is 1. The van der Waals surface area contributed by atoms with E-state index in [1.165, 1.54) is 6.07 Å². The Morgan fingerprint density at radius 2 is 2.05 bits per heavy atom. The molecule has 0 bridgehead atoms. The molecular formula is C15H20ClF3N2. The second-order valence-electron chi connectivity index (χ2n) is 6.12. The summed E-state index contributed by atoms with van der Waals surface area (Å²) in [7, 11) is 0. The van der Waals surface area contributed by atoms with Crippen LogP contribution in [0.3, 0.4) is 0 Å². The zero-order valence-corrected chi connectivity index (χ0v) is 13.1. The predicted molar refractivity (Wildman–Crippen MR) is 80.0 cm³/mol. The van der Waals surface area contributed by atoms with E-state index in [1.54, 1.807) is 0 Å². The Labute approximate surface area is 128 Å². The molecule has 1 aliphatic rings. The van der Waals surface area contributed by atoms with E-state index in [0.717, 1.165) is 25.1 Å². The fourth-order valence-electron chi connectivity index (χ4n) is 2.68. The molecule has 1 aromatic carbocycles. The minimum absolute atomic E-state index is 0.0995. The third kappa shape index (κ3) is 3.64. The number of piperazine rings is 1. The van der Waals surface area contributed by atoms with Gasteiger partial charge in [0.15, 0.2) is 0 Å². The van der Waals surface area contributed by atoms with E-state index < -0.39 is 11.7 Å². The Hall–Kier alpha value is -0.940. The highest BCUT2D eigenvalue weighted by molar-refractivity contribution is 6.33. The number of benzene rings is 1. The molecule has 2 nitrogen and oxygen atoms in total. The van der Waals surface area contributed by atoms with Crippen LogP contribution in [0.15, 0.2) is 18.2 Å². The van der Waals surface area contributed by atoms with Crippen molar-refractivity contribution in [3.63, 3.8) is 0 Å². The normalized spacial score (nSPS) is 22.4. The van der Waals surface area contributed by atoms with Crippen molar-refractivity contribution in [3.05, 3.63) is 28.8 Å². The van der Waals surface area contributed by atoms with Gasteiger partial charge in [-0.05, 0) is 38.5 Å². The molecule has 1 aromatic rings. The first-order valence-corrected chi connectivity index (χ1v) is 7.40. The Morgan fingerprint density at radius 3 is 2.57 bits per heavy atom. The first kappa shape index (κ1) is 16.4. The maximum Gasteiger partial charge on any atom is 0.416 e. The summed E-state index contributed by atoms with van der Waals surface area (Å²) in [5.41, 5.74) is -0.137. The van der Waals surface area contributed by atoms with E-state index in [9.17, 15) is 13.2 Å². The van der Waals surface area contributed by atoms with Crippen molar-refractivity contribution in [1.82, 2.24) is 5.32 Å². The maximum atomic E-state index is 12.7. The molecule has 118 valence electrons. The summed E-state index contributed by atoms with van der Waals surface area (Å²) < 4.78 is 38.2. The van der Waals surface area contributed by atoms with E-state index in [-0.39, 0.29) is 16.6 Å². The topological polar surface area (TPSA) is 15.3 Å². The van der Waals surface area contributed by atoms with Crippen molar-refractivity contribution < 1.29 is 13.2 Å². The SMILES string of the molecule is CCC1CNC(C)(C)CN1c1ccc(C(F)(F)F)cc1Cl. The molecule has 1 heterocycles. The lowest BCUT2D eigenvalue weighted by Gasteiger charge is -2.46. The zero-order chi connectivity index (χ0) is 15.8. The van der Waals surface area contributed by atoms with Crippen LogP contribution in [0.1, 0.15) is 32.8 Å². The van der Waals surface area contributed by atoms with Gasteiger partial charge in [-0.3, -0.25) is 0 Å². The lowest BCUT2D eigenvalue weighted by Crippen LogP contribution is -2.61. The Balaban J connectivity index is 2.35. The van der Waals surface area contributed by atoms with E-state index in [2.05, 4.69) is 31.0 Å². The quantitative estimate of drug-likeness (QED) is 0.872. The van der Waals surface area contributed by atoms with Gasteiger partial charge in [-0.15, -0.1) is 0 Å². The summed E-state index contributed by atoms with van der Waals surface area (Å²) in [5, 5.41) is 3.60. The number of anilines is 1. The molecule has 1 N–H and O–H groups in total. The van der Waals surface area contributed by atoms with Crippen LogP contribution in [0, 0.1) is 0 Å². The number of nitrogens with zero attached hydrogens (tertiary/aromatic N) is 1. The van der Waals surface area contributed by atoms with E-state index in [0.29, 0.717) is 12.2 Å². The minimum Gasteiger partial charge on any atom is -0.364 e. The van der Waals surface area contributed by atoms with E-state index in [4.69, 9.17) is 11.6 Å². The van der Waals surface area contributed by atoms with Crippen molar-refractivity contribution in [2.75, 3.05) is 18.0 Å². The van der Waals surface area contributed by atoms with Gasteiger partial charge in [0.05, 0.1) is 16.3 Å². The largest absolute Gasteiger partial charge is 0.416 e. The number of halogens is 4. The van der Waals surface area contributed by atoms with Gasteiger partial charge in [0.1, 0.15) is 0 Å². The van der Waals surface area contributed by atoms with Crippen molar-refractivity contribution in [1.29, 1.82) is 0 Å². The monoisotopic (exact) mass is 320 g/mol. The molecule has 0 spiro atoms. The van der Waals surface area contributed by atoms with Crippen LogP contribution >= 0.6 is 11.6 Å². The lowest BCUT2D eigenvalue weighted by atomic mass is 9.96. The van der Waals surface area contributed by atoms with Crippen molar-refractivity contribution in [2.45, 2.75) is 44.9 Å². The maximum absolute atomic E-state index is 12.7. The van der Waals surface area contributed by atoms with Crippen molar-refractivity contribution in [2.24, 2.45) is 0 Å². The molecule has 0 saturated carbocycles. The summed E-state index contributed by atoms with van der Waals surface area (Å²) in [5.74, 6) is 0. The highest BCUT2D eigenvalue weighted by Crippen LogP contribution is 2.37. The highest BCUT2D eigenvalue weighted by Gasteiger charge is 2.34. The fourth-order valence-corrected chi connectivity index (χ4v) is 2.97. The van der Waals surface area contributed by atoms with Crippen LogP contribution in [-0.4, -0.2) is 24.7 Å². The third-order valence-electron chi connectivity index (χ3n) is 3.88. The molecule has 21 heavy (non-hydrogen) atoms. The van der Waals surface area contributed by atoms with Crippen LogP contribution in [-0.2, 0) is 6.18 Å². The smallest absolute Gasteiger partial charge is 0.364 e. The summed E-state index contributed by atoms with van der Waals surface area (Å²) in [6.45, 7) is 7.71. The van der Waals surface area contributed by atoms with Crippen LogP contribution in [0.4, 0.5) is 18.9 Å². The standard InChI is InChI=1S/C15H20ClF3N2/c1-4-11-8-20-14(2,3)9-21(11)13-6-5-10(7-12(13)16)15(17,18)19/h5-7,11,20H,4,8-9H2,1-3H3. The second-order valence-corrected chi connectivity index (χ2v) is 6.53. The summed E-state index contributed by atoms with van der Waals surface area (Å²) >= 11 is 6.12. The molecular weight excluding hydrogens is 301 g/mol. The van der Waals surface area contributed by atoms with Crippen LogP contribution in [0.25, 0.3) is 0 Å². The van der Waals surface area contributed by atoms with E-state index in [1.807, 2.05) is 0 Å². The van der Waals surface area contributed by atoms with Gasteiger partial charge in [0, 0.05) is 24.7 Å².